The molecule has 0 saturated heterocycles. The monoisotopic (exact) mass is 315 g/mol. The van der Waals surface area contributed by atoms with Crippen LogP contribution in [-0.2, 0) is 5.41 Å². The van der Waals surface area contributed by atoms with E-state index in [9.17, 15) is 0 Å². The van der Waals surface area contributed by atoms with E-state index >= 15 is 0 Å². The molecule has 0 saturated carbocycles. The molecule has 2 N–H and O–H groups in total. The highest BCUT2D eigenvalue weighted by atomic mass is 32.1. The number of nitrogens with zero attached hydrogens (tertiary/aromatic N) is 1. The molecule has 0 fully saturated rings. The summed E-state index contributed by atoms with van der Waals surface area (Å²) in [6, 6.07) is 14.9. The maximum Gasteiger partial charge on any atom is 0.191 e. The minimum Gasteiger partial charge on any atom is -0.355 e. The Morgan fingerprint density at radius 3 is 2.50 bits per heavy atom. The normalized spacial score (nSPS) is 13.7. The molecular formula is C18H25N3S. The van der Waals surface area contributed by atoms with Gasteiger partial charge in [-0.2, -0.15) is 0 Å². The molecule has 0 bridgehead atoms. The Balaban J connectivity index is 1.93. The van der Waals surface area contributed by atoms with E-state index in [0.29, 0.717) is 0 Å². The highest BCUT2D eigenvalue weighted by Gasteiger charge is 2.22. The number of nitrogens with one attached hydrogen (secondary N) is 2. The molecular weight excluding hydrogens is 290 g/mol. The minimum atomic E-state index is 0.0851. The van der Waals surface area contributed by atoms with Crippen LogP contribution >= 0.6 is 11.3 Å². The van der Waals surface area contributed by atoms with Gasteiger partial charge in [0.2, 0.25) is 0 Å². The van der Waals surface area contributed by atoms with Crippen molar-refractivity contribution in [2.75, 3.05) is 13.6 Å². The summed E-state index contributed by atoms with van der Waals surface area (Å²) >= 11 is 1.80. The lowest BCUT2D eigenvalue weighted by Crippen LogP contribution is -2.44. The van der Waals surface area contributed by atoms with Crippen LogP contribution in [0.15, 0.2) is 52.8 Å². The van der Waals surface area contributed by atoms with Crippen LogP contribution in [0.25, 0.3) is 0 Å². The van der Waals surface area contributed by atoms with Gasteiger partial charge in [0.05, 0.1) is 6.04 Å². The van der Waals surface area contributed by atoms with Gasteiger partial charge in [-0.3, -0.25) is 4.99 Å². The van der Waals surface area contributed by atoms with Gasteiger partial charge in [0.1, 0.15) is 0 Å². The molecule has 0 aliphatic rings. The third-order valence-corrected chi connectivity index (χ3v) is 5.00. The lowest BCUT2D eigenvalue weighted by Gasteiger charge is -2.26. The van der Waals surface area contributed by atoms with Gasteiger partial charge in [-0.1, -0.05) is 50.2 Å². The molecule has 1 aromatic carbocycles. The van der Waals surface area contributed by atoms with Crippen molar-refractivity contribution in [2.45, 2.75) is 32.2 Å². The smallest absolute Gasteiger partial charge is 0.191 e. The van der Waals surface area contributed by atoms with Crippen molar-refractivity contribution in [3.8, 4) is 0 Å². The number of hydrogen-bond donors (Lipinski definition) is 2. The highest BCUT2D eigenvalue weighted by Crippen LogP contribution is 2.26. The summed E-state index contributed by atoms with van der Waals surface area (Å²) in [6.07, 6.45) is 0. The van der Waals surface area contributed by atoms with Crippen LogP contribution in [0.5, 0.6) is 0 Å². The van der Waals surface area contributed by atoms with Crippen LogP contribution in [0, 0.1) is 0 Å². The first-order valence-corrected chi connectivity index (χ1v) is 8.47. The number of thiophene rings is 1. The lowest BCUT2D eigenvalue weighted by molar-refractivity contribution is 0.515. The van der Waals surface area contributed by atoms with Gasteiger partial charge < -0.3 is 10.6 Å². The summed E-state index contributed by atoms with van der Waals surface area (Å²) in [7, 11) is 1.81. The van der Waals surface area contributed by atoms with Crippen molar-refractivity contribution in [1.29, 1.82) is 0 Å². The van der Waals surface area contributed by atoms with Crippen molar-refractivity contribution >= 4 is 17.3 Å². The van der Waals surface area contributed by atoms with Crippen LogP contribution in [0.2, 0.25) is 0 Å². The van der Waals surface area contributed by atoms with Gasteiger partial charge in [0, 0.05) is 23.9 Å². The molecule has 0 radical (unpaired) electrons. The fourth-order valence-corrected chi connectivity index (χ4v) is 3.13. The van der Waals surface area contributed by atoms with Gasteiger partial charge in [-0.25, -0.2) is 0 Å². The van der Waals surface area contributed by atoms with Gasteiger partial charge in [-0.15, -0.1) is 11.3 Å². The molecule has 0 aliphatic carbocycles. The first-order chi connectivity index (χ1) is 10.5. The van der Waals surface area contributed by atoms with E-state index in [0.717, 1.165) is 12.5 Å². The Morgan fingerprint density at radius 2 is 1.91 bits per heavy atom. The minimum absolute atomic E-state index is 0.0851. The van der Waals surface area contributed by atoms with Gasteiger partial charge in [0.15, 0.2) is 5.96 Å². The average Bonchev–Trinajstić information content (AvgIpc) is 3.07. The average molecular weight is 315 g/mol. The van der Waals surface area contributed by atoms with E-state index in [1.54, 1.807) is 11.3 Å². The summed E-state index contributed by atoms with van der Waals surface area (Å²) in [5.74, 6) is 0.834. The highest BCUT2D eigenvalue weighted by molar-refractivity contribution is 7.10. The zero-order valence-corrected chi connectivity index (χ0v) is 14.6. The summed E-state index contributed by atoms with van der Waals surface area (Å²) in [6.45, 7) is 7.49. The second-order valence-electron chi connectivity index (χ2n) is 6.06. The molecule has 118 valence electrons. The van der Waals surface area contributed by atoms with E-state index in [4.69, 9.17) is 0 Å². The fraction of sp³-hybridized carbons (Fsp3) is 0.389. The standard InChI is InChI=1S/C18H25N3S/c1-14(15-9-6-5-7-10-15)21-17(19-4)20-13-18(2,3)16-11-8-12-22-16/h5-12,14H,13H2,1-4H3,(H2,19,20,21). The first kappa shape index (κ1) is 16.6. The van der Waals surface area contributed by atoms with Crippen LogP contribution in [0.1, 0.15) is 37.3 Å². The van der Waals surface area contributed by atoms with E-state index < -0.39 is 0 Å². The van der Waals surface area contributed by atoms with Crippen LogP contribution < -0.4 is 10.6 Å². The Bertz CT molecular complexity index is 588. The van der Waals surface area contributed by atoms with Crippen LogP contribution in [-0.4, -0.2) is 19.6 Å². The fourth-order valence-electron chi connectivity index (χ4n) is 2.28. The van der Waals surface area contributed by atoms with E-state index in [2.05, 4.69) is 78.2 Å². The number of benzene rings is 1. The molecule has 0 amide bonds. The van der Waals surface area contributed by atoms with Crippen molar-refractivity contribution in [3.05, 3.63) is 58.3 Å². The second-order valence-corrected chi connectivity index (χ2v) is 7.01. The largest absolute Gasteiger partial charge is 0.355 e. The zero-order valence-electron chi connectivity index (χ0n) is 13.8. The molecule has 22 heavy (non-hydrogen) atoms. The maximum absolute atomic E-state index is 4.34. The quantitative estimate of drug-likeness (QED) is 0.647. The molecule has 3 nitrogen and oxygen atoms in total. The topological polar surface area (TPSA) is 36.4 Å². The van der Waals surface area contributed by atoms with E-state index in [1.807, 2.05) is 13.1 Å². The predicted octanol–water partition coefficient (Wildman–Crippen LogP) is 3.95. The number of rotatable bonds is 5. The lowest BCUT2D eigenvalue weighted by atomic mass is 9.91. The molecule has 2 aromatic rings. The third-order valence-electron chi connectivity index (χ3n) is 3.76. The van der Waals surface area contributed by atoms with Crippen molar-refractivity contribution in [3.63, 3.8) is 0 Å². The molecule has 4 heteroatoms. The van der Waals surface area contributed by atoms with E-state index in [1.165, 1.54) is 10.4 Å². The van der Waals surface area contributed by atoms with Gasteiger partial charge in [0.25, 0.3) is 0 Å². The molecule has 0 aliphatic heterocycles. The Kier molecular flexibility index (Phi) is 5.61. The molecule has 1 heterocycles. The molecule has 0 spiro atoms. The van der Waals surface area contributed by atoms with Crippen LogP contribution in [0.3, 0.4) is 0 Å². The summed E-state index contributed by atoms with van der Waals surface area (Å²) < 4.78 is 0. The molecule has 1 atom stereocenters. The first-order valence-electron chi connectivity index (χ1n) is 7.59. The summed E-state index contributed by atoms with van der Waals surface area (Å²) in [5.41, 5.74) is 1.34. The Labute approximate surface area is 137 Å². The zero-order chi connectivity index (χ0) is 16.0. The Morgan fingerprint density at radius 1 is 1.18 bits per heavy atom. The third kappa shape index (κ3) is 4.34. The Hall–Kier alpha value is -1.81. The van der Waals surface area contributed by atoms with Crippen molar-refractivity contribution < 1.29 is 0 Å². The summed E-state index contributed by atoms with van der Waals surface area (Å²) in [5, 5.41) is 9.01. The molecule has 2 rings (SSSR count). The van der Waals surface area contributed by atoms with Crippen LogP contribution in [0.4, 0.5) is 0 Å². The van der Waals surface area contributed by atoms with Crippen molar-refractivity contribution in [1.82, 2.24) is 10.6 Å². The summed E-state index contributed by atoms with van der Waals surface area (Å²) in [4.78, 5) is 5.72. The second kappa shape index (κ2) is 7.45. The van der Waals surface area contributed by atoms with Gasteiger partial charge >= 0.3 is 0 Å². The maximum atomic E-state index is 4.34. The van der Waals surface area contributed by atoms with E-state index in [-0.39, 0.29) is 11.5 Å². The predicted molar refractivity (Wildman–Crippen MR) is 96.7 cm³/mol. The van der Waals surface area contributed by atoms with Crippen molar-refractivity contribution in [2.24, 2.45) is 4.99 Å². The molecule has 1 aromatic heterocycles. The molecule has 1 unspecified atom stereocenters. The number of aliphatic imine (C=N–C) groups is 1. The number of guanidine groups is 1. The number of hydrogen-bond acceptors (Lipinski definition) is 2. The van der Waals surface area contributed by atoms with Gasteiger partial charge in [-0.05, 0) is 23.9 Å². The SMILES string of the molecule is CN=C(NCC(C)(C)c1cccs1)NC(C)c1ccccc1.